The zero-order valence-corrected chi connectivity index (χ0v) is 9.27. The van der Waals surface area contributed by atoms with E-state index in [1.165, 1.54) is 12.3 Å². The fourth-order valence-electron chi connectivity index (χ4n) is 0.972. The summed E-state index contributed by atoms with van der Waals surface area (Å²) in [4.78, 5) is 15.0. The number of hydrogen-bond donors (Lipinski definition) is 2. The Labute approximate surface area is 100 Å². The fourth-order valence-corrected chi connectivity index (χ4v) is 1.14. The molecule has 1 rings (SSSR count). The first-order valence-corrected chi connectivity index (χ1v) is 4.94. The van der Waals surface area contributed by atoms with Crippen LogP contribution in [0.25, 0.3) is 0 Å². The molecule has 1 amide bonds. The Kier molecular flexibility index (Phi) is 4.71. The second kappa shape index (κ2) is 5.83. The topological polar surface area (TPSA) is 54.0 Å². The van der Waals surface area contributed by atoms with E-state index in [0.29, 0.717) is 0 Å². The van der Waals surface area contributed by atoms with Crippen LogP contribution in [-0.2, 0) is 4.79 Å². The van der Waals surface area contributed by atoms with E-state index < -0.39 is 25.2 Å². The lowest BCUT2D eigenvalue weighted by Crippen LogP contribution is -2.35. The van der Waals surface area contributed by atoms with E-state index in [9.17, 15) is 18.0 Å². The van der Waals surface area contributed by atoms with Crippen molar-refractivity contribution in [2.24, 2.45) is 0 Å². The molecule has 0 unspecified atom stereocenters. The highest BCUT2D eigenvalue weighted by Crippen LogP contribution is 2.17. The third-order valence-corrected chi connectivity index (χ3v) is 1.93. The van der Waals surface area contributed by atoms with Gasteiger partial charge in [-0.2, -0.15) is 13.2 Å². The molecule has 0 saturated heterocycles. The number of carbonyl (C=O) groups is 1. The van der Waals surface area contributed by atoms with E-state index in [-0.39, 0.29) is 10.8 Å². The van der Waals surface area contributed by atoms with E-state index in [4.69, 9.17) is 11.6 Å². The number of nitrogens with zero attached hydrogens (tertiary/aromatic N) is 1. The summed E-state index contributed by atoms with van der Waals surface area (Å²) in [6.45, 7) is -1.69. The Morgan fingerprint density at radius 3 is 2.76 bits per heavy atom. The second-order valence-corrected chi connectivity index (χ2v) is 3.51. The number of nitrogens with one attached hydrogen (secondary N) is 2. The number of alkyl halides is 3. The largest absolute Gasteiger partial charge is 0.401 e. The number of hydrogen-bond acceptors (Lipinski definition) is 3. The summed E-state index contributed by atoms with van der Waals surface area (Å²) < 4.78 is 35.3. The van der Waals surface area contributed by atoms with Crippen LogP contribution in [-0.4, -0.2) is 30.2 Å². The standard InChI is InChI=1S/C9H9ClF3N3O/c10-6-2-1-3-15-8(6)16-7(17)4-14-5-9(11,12)13/h1-3,14H,4-5H2,(H,15,16,17). The summed E-state index contributed by atoms with van der Waals surface area (Å²) in [6, 6.07) is 3.08. The Bertz CT molecular complexity index is 397. The van der Waals surface area contributed by atoms with Gasteiger partial charge < -0.3 is 10.6 Å². The lowest BCUT2D eigenvalue weighted by Gasteiger charge is -2.08. The van der Waals surface area contributed by atoms with Gasteiger partial charge in [-0.15, -0.1) is 0 Å². The van der Waals surface area contributed by atoms with E-state index in [1.807, 2.05) is 5.32 Å². The van der Waals surface area contributed by atoms with Crippen LogP contribution in [0.5, 0.6) is 0 Å². The summed E-state index contributed by atoms with van der Waals surface area (Å²) in [5, 5.41) is 4.46. The van der Waals surface area contributed by atoms with Gasteiger partial charge in [-0.05, 0) is 12.1 Å². The highest BCUT2D eigenvalue weighted by molar-refractivity contribution is 6.33. The molecule has 8 heteroatoms. The Morgan fingerprint density at radius 1 is 1.47 bits per heavy atom. The van der Waals surface area contributed by atoms with Gasteiger partial charge in [0.15, 0.2) is 5.82 Å². The molecular weight excluding hydrogens is 259 g/mol. The molecule has 1 aromatic rings. The summed E-state index contributed by atoms with van der Waals surface area (Å²) >= 11 is 5.70. The summed E-state index contributed by atoms with van der Waals surface area (Å²) in [6.07, 6.45) is -2.94. The first kappa shape index (κ1) is 13.7. The lowest BCUT2D eigenvalue weighted by molar-refractivity contribution is -0.126. The number of aromatic nitrogens is 1. The van der Waals surface area contributed by atoms with Crippen molar-refractivity contribution in [1.82, 2.24) is 10.3 Å². The highest BCUT2D eigenvalue weighted by atomic mass is 35.5. The first-order valence-electron chi connectivity index (χ1n) is 4.56. The first-order chi connectivity index (χ1) is 7.88. The molecule has 0 bridgehead atoms. The van der Waals surface area contributed by atoms with Crippen molar-refractivity contribution >= 4 is 23.3 Å². The molecule has 1 heterocycles. The number of amides is 1. The van der Waals surface area contributed by atoms with Crippen LogP contribution in [0.3, 0.4) is 0 Å². The predicted octanol–water partition coefficient (Wildman–Crippen LogP) is 1.83. The second-order valence-electron chi connectivity index (χ2n) is 3.10. The van der Waals surface area contributed by atoms with Crippen molar-refractivity contribution < 1.29 is 18.0 Å². The molecule has 0 aromatic carbocycles. The van der Waals surface area contributed by atoms with Crippen LogP contribution < -0.4 is 10.6 Å². The van der Waals surface area contributed by atoms with E-state index in [2.05, 4.69) is 10.3 Å². The van der Waals surface area contributed by atoms with Gasteiger partial charge in [0, 0.05) is 6.20 Å². The van der Waals surface area contributed by atoms with Crippen molar-refractivity contribution in [2.45, 2.75) is 6.18 Å². The van der Waals surface area contributed by atoms with Crippen molar-refractivity contribution in [3.05, 3.63) is 23.4 Å². The van der Waals surface area contributed by atoms with Crippen LogP contribution in [0.1, 0.15) is 0 Å². The molecule has 0 spiro atoms. The van der Waals surface area contributed by atoms with Crippen molar-refractivity contribution in [3.8, 4) is 0 Å². The van der Waals surface area contributed by atoms with Gasteiger partial charge in [-0.3, -0.25) is 4.79 Å². The van der Waals surface area contributed by atoms with Crippen molar-refractivity contribution in [2.75, 3.05) is 18.4 Å². The minimum Gasteiger partial charge on any atom is -0.308 e. The number of rotatable bonds is 4. The molecule has 0 saturated carbocycles. The van der Waals surface area contributed by atoms with Crippen LogP contribution in [0, 0.1) is 0 Å². The zero-order valence-electron chi connectivity index (χ0n) is 8.51. The Hall–Kier alpha value is -1.34. The smallest absolute Gasteiger partial charge is 0.308 e. The SMILES string of the molecule is O=C(CNCC(F)(F)F)Nc1ncccc1Cl. The lowest BCUT2D eigenvalue weighted by atomic mass is 10.4. The number of halogens is 4. The molecule has 0 fully saturated rings. The van der Waals surface area contributed by atoms with Crippen LogP contribution in [0.15, 0.2) is 18.3 Å². The Balaban J connectivity index is 2.38. The van der Waals surface area contributed by atoms with Gasteiger partial charge in [-0.1, -0.05) is 11.6 Å². The quantitative estimate of drug-likeness (QED) is 0.875. The van der Waals surface area contributed by atoms with E-state index in [0.717, 1.165) is 0 Å². The predicted molar refractivity (Wildman–Crippen MR) is 56.8 cm³/mol. The molecule has 0 aliphatic rings. The molecule has 4 nitrogen and oxygen atoms in total. The molecule has 17 heavy (non-hydrogen) atoms. The molecule has 1 aromatic heterocycles. The monoisotopic (exact) mass is 267 g/mol. The molecule has 2 N–H and O–H groups in total. The summed E-state index contributed by atoms with van der Waals surface area (Å²) in [5.74, 6) is -0.525. The van der Waals surface area contributed by atoms with Crippen molar-refractivity contribution in [3.63, 3.8) is 0 Å². The minimum absolute atomic E-state index is 0.118. The summed E-state index contributed by atoms with van der Waals surface area (Å²) in [7, 11) is 0. The zero-order chi connectivity index (χ0) is 12.9. The molecule has 0 atom stereocenters. The van der Waals surface area contributed by atoms with Gasteiger partial charge in [0.25, 0.3) is 0 Å². The maximum atomic E-state index is 11.8. The summed E-state index contributed by atoms with van der Waals surface area (Å²) in [5.41, 5.74) is 0. The third kappa shape index (κ3) is 5.50. The normalized spacial score (nSPS) is 11.3. The number of anilines is 1. The molecule has 0 radical (unpaired) electrons. The van der Waals surface area contributed by atoms with Gasteiger partial charge in [-0.25, -0.2) is 4.98 Å². The van der Waals surface area contributed by atoms with Gasteiger partial charge in [0.05, 0.1) is 18.1 Å². The molecule has 0 aliphatic carbocycles. The average molecular weight is 268 g/mol. The van der Waals surface area contributed by atoms with Gasteiger partial charge >= 0.3 is 6.18 Å². The highest BCUT2D eigenvalue weighted by Gasteiger charge is 2.26. The molecular formula is C9H9ClF3N3O. The minimum atomic E-state index is -4.34. The number of carbonyl (C=O) groups excluding carboxylic acids is 1. The Morgan fingerprint density at radius 2 is 2.18 bits per heavy atom. The van der Waals surface area contributed by atoms with Crippen LogP contribution >= 0.6 is 11.6 Å². The third-order valence-electron chi connectivity index (χ3n) is 1.63. The van der Waals surface area contributed by atoms with Gasteiger partial charge in [0.1, 0.15) is 0 Å². The maximum absolute atomic E-state index is 11.8. The van der Waals surface area contributed by atoms with Crippen molar-refractivity contribution in [1.29, 1.82) is 0 Å². The fraction of sp³-hybridized carbons (Fsp3) is 0.333. The maximum Gasteiger partial charge on any atom is 0.401 e. The van der Waals surface area contributed by atoms with Gasteiger partial charge in [0.2, 0.25) is 5.91 Å². The average Bonchev–Trinajstić information content (AvgIpc) is 2.19. The molecule has 94 valence electrons. The van der Waals surface area contributed by atoms with Crippen LogP contribution in [0.2, 0.25) is 5.02 Å². The molecule has 0 aliphatic heterocycles. The van der Waals surface area contributed by atoms with Crippen LogP contribution in [0.4, 0.5) is 19.0 Å². The van der Waals surface area contributed by atoms with E-state index in [1.54, 1.807) is 6.07 Å². The number of pyridine rings is 1. The van der Waals surface area contributed by atoms with E-state index >= 15 is 0 Å².